The molecule has 0 saturated heterocycles. The monoisotopic (exact) mass is 288 g/mol. The van der Waals surface area contributed by atoms with Crippen LogP contribution in [-0.4, -0.2) is 12.5 Å². The van der Waals surface area contributed by atoms with Gasteiger partial charge in [-0.05, 0) is 50.2 Å². The molecule has 0 saturated carbocycles. The minimum atomic E-state index is -0.150. The van der Waals surface area contributed by atoms with Crippen LogP contribution in [0.15, 0.2) is 40.8 Å². The molecule has 2 aromatic rings. The Morgan fingerprint density at radius 3 is 2.62 bits per heavy atom. The molecule has 1 amide bonds. The fraction of sp³-hybridized carbons (Fsp3) is 0.312. The number of furan rings is 1. The number of hydrogen-bond acceptors (Lipinski definition) is 4. The summed E-state index contributed by atoms with van der Waals surface area (Å²) in [5.41, 5.74) is 6.27. The Morgan fingerprint density at radius 2 is 2.00 bits per heavy atom. The number of ether oxygens (including phenoxy) is 1. The first kappa shape index (κ1) is 15.0. The van der Waals surface area contributed by atoms with E-state index in [0.29, 0.717) is 18.0 Å². The maximum Gasteiger partial charge on any atom is 0.224 e. The smallest absolute Gasteiger partial charge is 0.224 e. The SMILES string of the molecule is Cc1ccc(C(C)NC(=O)CCOc2ccc(N)cc2)o1. The van der Waals surface area contributed by atoms with Gasteiger partial charge in [-0.3, -0.25) is 4.79 Å². The number of amides is 1. The minimum absolute atomic E-state index is 0.0769. The topological polar surface area (TPSA) is 77.5 Å². The average molecular weight is 288 g/mol. The van der Waals surface area contributed by atoms with E-state index < -0.39 is 0 Å². The van der Waals surface area contributed by atoms with E-state index in [4.69, 9.17) is 14.9 Å². The summed E-state index contributed by atoms with van der Waals surface area (Å²) in [6.45, 7) is 4.08. The molecule has 112 valence electrons. The van der Waals surface area contributed by atoms with Gasteiger partial charge in [0, 0.05) is 5.69 Å². The Hall–Kier alpha value is -2.43. The van der Waals surface area contributed by atoms with E-state index in [9.17, 15) is 4.79 Å². The Morgan fingerprint density at radius 1 is 1.29 bits per heavy atom. The van der Waals surface area contributed by atoms with Crippen molar-refractivity contribution in [1.29, 1.82) is 0 Å². The van der Waals surface area contributed by atoms with Crippen LogP contribution in [0.2, 0.25) is 0 Å². The summed E-state index contributed by atoms with van der Waals surface area (Å²) in [5.74, 6) is 2.21. The molecule has 0 bridgehead atoms. The molecule has 5 nitrogen and oxygen atoms in total. The fourth-order valence-corrected chi connectivity index (χ4v) is 1.90. The molecule has 0 radical (unpaired) electrons. The molecule has 1 aromatic carbocycles. The van der Waals surface area contributed by atoms with Gasteiger partial charge in [0.15, 0.2) is 0 Å². The van der Waals surface area contributed by atoms with Crippen molar-refractivity contribution in [3.8, 4) is 5.75 Å². The molecule has 0 aliphatic rings. The van der Waals surface area contributed by atoms with Gasteiger partial charge in [0.25, 0.3) is 0 Å². The second kappa shape index (κ2) is 6.83. The molecule has 2 rings (SSSR count). The lowest BCUT2D eigenvalue weighted by molar-refractivity contribution is -0.122. The van der Waals surface area contributed by atoms with Crippen molar-refractivity contribution < 1.29 is 13.9 Å². The zero-order valence-electron chi connectivity index (χ0n) is 12.3. The first-order valence-corrected chi connectivity index (χ1v) is 6.88. The first-order chi connectivity index (χ1) is 10.0. The van der Waals surface area contributed by atoms with Crippen molar-refractivity contribution >= 4 is 11.6 Å². The Bertz CT molecular complexity index is 590. The third kappa shape index (κ3) is 4.56. The Kier molecular flexibility index (Phi) is 4.87. The summed E-state index contributed by atoms with van der Waals surface area (Å²) in [5, 5.41) is 2.87. The lowest BCUT2D eigenvalue weighted by Crippen LogP contribution is -2.27. The van der Waals surface area contributed by atoms with Gasteiger partial charge < -0.3 is 20.2 Å². The van der Waals surface area contributed by atoms with Crippen LogP contribution < -0.4 is 15.8 Å². The Labute approximate surface area is 124 Å². The van der Waals surface area contributed by atoms with Crippen LogP contribution in [0.1, 0.15) is 30.9 Å². The summed E-state index contributed by atoms with van der Waals surface area (Å²) in [4.78, 5) is 11.8. The lowest BCUT2D eigenvalue weighted by atomic mass is 10.2. The van der Waals surface area contributed by atoms with Crippen LogP contribution in [0.25, 0.3) is 0 Å². The lowest BCUT2D eigenvalue weighted by Gasteiger charge is -2.12. The molecule has 1 unspecified atom stereocenters. The predicted octanol–water partition coefficient (Wildman–Crippen LogP) is 2.82. The van der Waals surface area contributed by atoms with Gasteiger partial charge in [-0.25, -0.2) is 0 Å². The molecule has 0 aliphatic carbocycles. The highest BCUT2D eigenvalue weighted by molar-refractivity contribution is 5.76. The van der Waals surface area contributed by atoms with Crippen LogP contribution in [0.4, 0.5) is 5.69 Å². The number of nitrogen functional groups attached to an aromatic ring is 1. The normalized spacial score (nSPS) is 11.9. The van der Waals surface area contributed by atoms with Crippen molar-refractivity contribution in [1.82, 2.24) is 5.32 Å². The molecule has 1 heterocycles. The van der Waals surface area contributed by atoms with Gasteiger partial charge in [0.1, 0.15) is 17.3 Å². The van der Waals surface area contributed by atoms with Gasteiger partial charge in [0.2, 0.25) is 5.91 Å². The molecule has 3 N–H and O–H groups in total. The zero-order valence-corrected chi connectivity index (χ0v) is 12.3. The first-order valence-electron chi connectivity index (χ1n) is 6.88. The van der Waals surface area contributed by atoms with Crippen molar-refractivity contribution in [2.45, 2.75) is 26.3 Å². The van der Waals surface area contributed by atoms with Crippen LogP contribution in [-0.2, 0) is 4.79 Å². The molecule has 0 aliphatic heterocycles. The predicted molar refractivity (Wildman–Crippen MR) is 81.0 cm³/mol. The highest BCUT2D eigenvalue weighted by atomic mass is 16.5. The van der Waals surface area contributed by atoms with Gasteiger partial charge in [0.05, 0.1) is 19.1 Å². The van der Waals surface area contributed by atoms with E-state index >= 15 is 0 Å². The van der Waals surface area contributed by atoms with Gasteiger partial charge in [-0.2, -0.15) is 0 Å². The molecular formula is C16H20N2O3. The fourth-order valence-electron chi connectivity index (χ4n) is 1.90. The highest BCUT2D eigenvalue weighted by Gasteiger charge is 2.12. The number of aryl methyl sites for hydroxylation is 1. The van der Waals surface area contributed by atoms with Crippen LogP contribution >= 0.6 is 0 Å². The van der Waals surface area contributed by atoms with Crippen molar-refractivity contribution in [2.75, 3.05) is 12.3 Å². The van der Waals surface area contributed by atoms with Crippen LogP contribution in [0, 0.1) is 6.92 Å². The van der Waals surface area contributed by atoms with Gasteiger partial charge in [-0.15, -0.1) is 0 Å². The van der Waals surface area contributed by atoms with E-state index in [0.717, 1.165) is 11.5 Å². The van der Waals surface area contributed by atoms with E-state index in [2.05, 4.69) is 5.32 Å². The molecule has 5 heteroatoms. The van der Waals surface area contributed by atoms with E-state index in [1.807, 2.05) is 26.0 Å². The number of benzene rings is 1. The second-order valence-corrected chi connectivity index (χ2v) is 4.91. The molecular weight excluding hydrogens is 268 g/mol. The number of carbonyl (C=O) groups is 1. The number of anilines is 1. The summed E-state index contributed by atoms with van der Waals surface area (Å²) in [6.07, 6.45) is 0.286. The van der Waals surface area contributed by atoms with Crippen molar-refractivity contribution in [2.24, 2.45) is 0 Å². The standard InChI is InChI=1S/C16H20N2O3/c1-11-3-8-15(21-11)12(2)18-16(19)9-10-20-14-6-4-13(17)5-7-14/h3-8,12H,9-10,17H2,1-2H3,(H,18,19). The van der Waals surface area contributed by atoms with Gasteiger partial charge >= 0.3 is 0 Å². The zero-order chi connectivity index (χ0) is 15.2. The number of hydrogen-bond donors (Lipinski definition) is 2. The summed E-state index contributed by atoms with van der Waals surface area (Å²) in [7, 11) is 0. The third-order valence-electron chi connectivity index (χ3n) is 3.04. The second-order valence-electron chi connectivity index (χ2n) is 4.91. The maximum absolute atomic E-state index is 11.8. The van der Waals surface area contributed by atoms with E-state index in [1.165, 1.54) is 0 Å². The number of nitrogens with two attached hydrogens (primary N) is 1. The quantitative estimate of drug-likeness (QED) is 0.801. The average Bonchev–Trinajstić information content (AvgIpc) is 2.88. The highest BCUT2D eigenvalue weighted by Crippen LogP contribution is 2.16. The van der Waals surface area contributed by atoms with E-state index in [1.54, 1.807) is 24.3 Å². The van der Waals surface area contributed by atoms with Crippen molar-refractivity contribution in [3.05, 3.63) is 47.9 Å². The van der Waals surface area contributed by atoms with Crippen LogP contribution in [0.5, 0.6) is 5.75 Å². The number of rotatable bonds is 6. The van der Waals surface area contributed by atoms with E-state index in [-0.39, 0.29) is 18.4 Å². The molecule has 21 heavy (non-hydrogen) atoms. The van der Waals surface area contributed by atoms with Crippen LogP contribution in [0.3, 0.4) is 0 Å². The summed E-state index contributed by atoms with van der Waals surface area (Å²) in [6, 6.07) is 10.7. The minimum Gasteiger partial charge on any atom is -0.493 e. The maximum atomic E-state index is 11.8. The molecule has 1 atom stereocenters. The summed E-state index contributed by atoms with van der Waals surface area (Å²) >= 11 is 0. The van der Waals surface area contributed by atoms with Gasteiger partial charge in [-0.1, -0.05) is 0 Å². The molecule has 0 spiro atoms. The van der Waals surface area contributed by atoms with Crippen molar-refractivity contribution in [3.63, 3.8) is 0 Å². The molecule has 0 fully saturated rings. The third-order valence-corrected chi connectivity index (χ3v) is 3.04. The summed E-state index contributed by atoms with van der Waals surface area (Å²) < 4.78 is 11.0. The molecule has 1 aromatic heterocycles. The Balaban J connectivity index is 1.73. The number of carbonyl (C=O) groups excluding carboxylic acids is 1. The largest absolute Gasteiger partial charge is 0.493 e. The number of nitrogens with one attached hydrogen (secondary N) is 1.